The number of likely N-dealkylation sites (tertiary alicyclic amines) is 1. The fourth-order valence-corrected chi connectivity index (χ4v) is 2.83. The fourth-order valence-electron chi connectivity index (χ4n) is 2.83. The number of carbonyl (C=O) groups is 1. The van der Waals surface area contributed by atoms with E-state index in [1.54, 1.807) is 0 Å². The highest BCUT2D eigenvalue weighted by Crippen LogP contribution is 2.18. The second-order valence-corrected chi connectivity index (χ2v) is 6.12. The Labute approximate surface area is 127 Å². The summed E-state index contributed by atoms with van der Waals surface area (Å²) in [7, 11) is 0. The summed E-state index contributed by atoms with van der Waals surface area (Å²) in [4.78, 5) is 14.4. The summed E-state index contributed by atoms with van der Waals surface area (Å²) in [6.07, 6.45) is 2.02. The molecule has 2 N–H and O–H groups in total. The number of piperidine rings is 1. The molecule has 1 heterocycles. The molecule has 0 aliphatic carbocycles. The Balaban J connectivity index is 1.77. The van der Waals surface area contributed by atoms with E-state index in [4.69, 9.17) is 10.5 Å². The summed E-state index contributed by atoms with van der Waals surface area (Å²) in [5.74, 6) is -0.230. The van der Waals surface area contributed by atoms with Gasteiger partial charge in [0.25, 0.3) is 0 Å². The third-order valence-electron chi connectivity index (χ3n) is 4.19. The molecule has 1 aliphatic heterocycles. The summed E-state index contributed by atoms with van der Waals surface area (Å²) in [5.41, 5.74) is 7.00. The standard InChI is InChI=1S/C17H26N2O2/c1-13(11-19-9-8-16(18)10-14(19)2)17(20)21-12-15-6-4-3-5-7-15/h3-7,13-14,16H,8-12,18H2,1-2H3. The number of nitrogens with zero attached hydrogens (tertiary/aromatic N) is 1. The molecule has 21 heavy (non-hydrogen) atoms. The van der Waals surface area contributed by atoms with Crippen molar-refractivity contribution < 1.29 is 9.53 Å². The van der Waals surface area contributed by atoms with Crippen LogP contribution in [0.2, 0.25) is 0 Å². The van der Waals surface area contributed by atoms with Gasteiger partial charge in [0.05, 0.1) is 5.92 Å². The average molecular weight is 290 g/mol. The minimum Gasteiger partial charge on any atom is -0.461 e. The minimum absolute atomic E-state index is 0.106. The van der Waals surface area contributed by atoms with Crippen molar-refractivity contribution in [3.05, 3.63) is 35.9 Å². The van der Waals surface area contributed by atoms with E-state index in [0.29, 0.717) is 18.7 Å². The van der Waals surface area contributed by atoms with Crippen LogP contribution >= 0.6 is 0 Å². The molecule has 1 fully saturated rings. The van der Waals surface area contributed by atoms with Crippen molar-refractivity contribution in [2.24, 2.45) is 11.7 Å². The number of ether oxygens (including phenoxy) is 1. The number of benzene rings is 1. The van der Waals surface area contributed by atoms with Crippen LogP contribution < -0.4 is 5.73 Å². The maximum absolute atomic E-state index is 12.1. The number of nitrogens with two attached hydrogens (primary N) is 1. The van der Waals surface area contributed by atoms with Crippen LogP contribution in [0.25, 0.3) is 0 Å². The van der Waals surface area contributed by atoms with Gasteiger partial charge in [0.2, 0.25) is 0 Å². The summed E-state index contributed by atoms with van der Waals surface area (Å²) in [6, 6.07) is 10.5. The predicted octanol–water partition coefficient (Wildman–Crippen LogP) is 2.18. The quantitative estimate of drug-likeness (QED) is 0.845. The van der Waals surface area contributed by atoms with Gasteiger partial charge in [-0.15, -0.1) is 0 Å². The molecule has 0 radical (unpaired) electrons. The summed E-state index contributed by atoms with van der Waals surface area (Å²) < 4.78 is 5.40. The van der Waals surface area contributed by atoms with Crippen molar-refractivity contribution >= 4 is 5.97 Å². The van der Waals surface area contributed by atoms with E-state index >= 15 is 0 Å². The van der Waals surface area contributed by atoms with Gasteiger partial charge in [-0.1, -0.05) is 37.3 Å². The van der Waals surface area contributed by atoms with Crippen LogP contribution in [-0.4, -0.2) is 36.0 Å². The van der Waals surface area contributed by atoms with E-state index < -0.39 is 0 Å². The smallest absolute Gasteiger partial charge is 0.310 e. The normalized spacial score (nSPS) is 24.5. The van der Waals surface area contributed by atoms with E-state index in [9.17, 15) is 4.79 Å². The Hall–Kier alpha value is -1.39. The summed E-state index contributed by atoms with van der Waals surface area (Å²) >= 11 is 0. The van der Waals surface area contributed by atoms with E-state index in [1.807, 2.05) is 37.3 Å². The molecule has 3 unspecified atom stereocenters. The topological polar surface area (TPSA) is 55.6 Å². The van der Waals surface area contributed by atoms with E-state index in [2.05, 4.69) is 11.8 Å². The molecule has 0 bridgehead atoms. The van der Waals surface area contributed by atoms with Crippen molar-refractivity contribution in [2.75, 3.05) is 13.1 Å². The van der Waals surface area contributed by atoms with Gasteiger partial charge in [-0.2, -0.15) is 0 Å². The molecule has 0 amide bonds. The lowest BCUT2D eigenvalue weighted by Crippen LogP contribution is -2.47. The molecule has 116 valence electrons. The molecule has 0 saturated carbocycles. The van der Waals surface area contributed by atoms with E-state index in [-0.39, 0.29) is 11.9 Å². The largest absolute Gasteiger partial charge is 0.461 e. The number of hydrogen-bond acceptors (Lipinski definition) is 4. The van der Waals surface area contributed by atoms with Gasteiger partial charge in [0.1, 0.15) is 6.61 Å². The highest BCUT2D eigenvalue weighted by atomic mass is 16.5. The molecular formula is C17H26N2O2. The zero-order chi connectivity index (χ0) is 15.2. The SMILES string of the molecule is CC(CN1CCC(N)CC1C)C(=O)OCc1ccccc1. The number of rotatable bonds is 5. The highest BCUT2D eigenvalue weighted by Gasteiger charge is 2.26. The molecule has 0 aromatic heterocycles. The number of carbonyl (C=O) groups excluding carboxylic acids is 1. The van der Waals surface area contributed by atoms with Gasteiger partial charge in [-0.05, 0) is 31.9 Å². The zero-order valence-corrected chi connectivity index (χ0v) is 13.0. The van der Waals surface area contributed by atoms with Crippen molar-refractivity contribution in [3.8, 4) is 0 Å². The zero-order valence-electron chi connectivity index (χ0n) is 13.0. The van der Waals surface area contributed by atoms with Gasteiger partial charge in [0, 0.05) is 18.6 Å². The second kappa shape index (κ2) is 7.57. The van der Waals surface area contributed by atoms with Gasteiger partial charge in [-0.3, -0.25) is 9.69 Å². The lowest BCUT2D eigenvalue weighted by atomic mass is 9.98. The lowest BCUT2D eigenvalue weighted by Gasteiger charge is -2.37. The molecule has 3 atom stereocenters. The second-order valence-electron chi connectivity index (χ2n) is 6.12. The Kier molecular flexibility index (Phi) is 5.76. The van der Waals surface area contributed by atoms with Gasteiger partial charge >= 0.3 is 5.97 Å². The maximum atomic E-state index is 12.1. The first kappa shape index (κ1) is 16.0. The first-order valence-corrected chi connectivity index (χ1v) is 7.76. The first-order chi connectivity index (χ1) is 10.1. The van der Waals surface area contributed by atoms with Crippen LogP contribution in [0.15, 0.2) is 30.3 Å². The highest BCUT2D eigenvalue weighted by molar-refractivity contribution is 5.72. The van der Waals surface area contributed by atoms with Crippen LogP contribution in [0, 0.1) is 5.92 Å². The first-order valence-electron chi connectivity index (χ1n) is 7.76. The lowest BCUT2D eigenvalue weighted by molar-refractivity contribution is -0.150. The molecule has 1 aromatic carbocycles. The maximum Gasteiger partial charge on any atom is 0.310 e. The molecule has 4 heteroatoms. The Morgan fingerprint density at radius 2 is 2.14 bits per heavy atom. The summed E-state index contributed by atoms with van der Waals surface area (Å²) in [6.45, 7) is 6.19. The molecule has 4 nitrogen and oxygen atoms in total. The van der Waals surface area contributed by atoms with Crippen LogP contribution in [0.3, 0.4) is 0 Å². The van der Waals surface area contributed by atoms with Crippen LogP contribution in [0.4, 0.5) is 0 Å². The van der Waals surface area contributed by atoms with Crippen LogP contribution in [0.5, 0.6) is 0 Å². The van der Waals surface area contributed by atoms with E-state index in [1.165, 1.54) is 0 Å². The Bertz CT molecular complexity index is 449. The number of hydrogen-bond donors (Lipinski definition) is 1. The number of esters is 1. The minimum atomic E-state index is -0.124. The summed E-state index contributed by atoms with van der Waals surface area (Å²) in [5, 5.41) is 0. The fraction of sp³-hybridized carbons (Fsp3) is 0.588. The van der Waals surface area contributed by atoms with Gasteiger partial charge < -0.3 is 10.5 Å². The molecule has 2 rings (SSSR count). The van der Waals surface area contributed by atoms with Gasteiger partial charge in [0.15, 0.2) is 0 Å². The predicted molar refractivity (Wildman–Crippen MR) is 83.6 cm³/mol. The molecular weight excluding hydrogens is 264 g/mol. The van der Waals surface area contributed by atoms with Crippen LogP contribution in [-0.2, 0) is 16.1 Å². The monoisotopic (exact) mass is 290 g/mol. The molecule has 1 saturated heterocycles. The third kappa shape index (κ3) is 4.83. The van der Waals surface area contributed by atoms with Crippen molar-refractivity contribution in [2.45, 2.75) is 45.4 Å². The van der Waals surface area contributed by atoms with Gasteiger partial charge in [-0.25, -0.2) is 0 Å². The van der Waals surface area contributed by atoms with E-state index in [0.717, 1.165) is 31.5 Å². The molecule has 1 aromatic rings. The average Bonchev–Trinajstić information content (AvgIpc) is 2.48. The molecule has 0 spiro atoms. The van der Waals surface area contributed by atoms with Crippen molar-refractivity contribution in [3.63, 3.8) is 0 Å². The van der Waals surface area contributed by atoms with Crippen molar-refractivity contribution in [1.82, 2.24) is 4.90 Å². The third-order valence-corrected chi connectivity index (χ3v) is 4.19. The van der Waals surface area contributed by atoms with Crippen LogP contribution in [0.1, 0.15) is 32.3 Å². The van der Waals surface area contributed by atoms with Crippen molar-refractivity contribution in [1.29, 1.82) is 0 Å². The Morgan fingerprint density at radius 3 is 2.81 bits per heavy atom. The Morgan fingerprint density at radius 1 is 1.43 bits per heavy atom. The molecule has 1 aliphatic rings.